The van der Waals surface area contributed by atoms with E-state index in [1.54, 1.807) is 13.8 Å². The molecule has 0 fully saturated rings. The van der Waals surface area contributed by atoms with Gasteiger partial charge in [0.2, 0.25) is 0 Å². The number of hydrogen-bond acceptors (Lipinski definition) is 4. The minimum Gasteiger partial charge on any atom is -0.761 e. The predicted molar refractivity (Wildman–Crippen MR) is 44.3 cm³/mol. The summed E-state index contributed by atoms with van der Waals surface area (Å²) in [5, 5.41) is 11.4. The van der Waals surface area contributed by atoms with E-state index in [1.807, 2.05) is 13.8 Å². The van der Waals surface area contributed by atoms with Gasteiger partial charge in [0.1, 0.15) is 0 Å². The van der Waals surface area contributed by atoms with Crippen molar-refractivity contribution < 1.29 is 4.84 Å². The molecule has 0 aliphatic heterocycles. The van der Waals surface area contributed by atoms with Crippen LogP contribution in [-0.2, 0) is 4.84 Å². The maximum Gasteiger partial charge on any atom is 0.0751 e. The van der Waals surface area contributed by atoms with E-state index in [0.29, 0.717) is 5.23 Å². The van der Waals surface area contributed by atoms with Crippen molar-refractivity contribution in [2.45, 2.75) is 45.9 Å². The van der Waals surface area contributed by atoms with Gasteiger partial charge in [-0.15, -0.1) is 0 Å². The van der Waals surface area contributed by atoms with Crippen molar-refractivity contribution >= 4 is 0 Å². The van der Waals surface area contributed by atoms with Gasteiger partial charge in [-0.3, -0.25) is 0 Å². The fraction of sp³-hybridized carbons (Fsp3) is 1.00. The molecule has 4 nitrogen and oxygen atoms in total. The first-order valence-corrected chi connectivity index (χ1v) is 3.81. The first kappa shape index (κ1) is 10.8. The molecule has 11 heavy (non-hydrogen) atoms. The fourth-order valence-corrected chi connectivity index (χ4v) is 0.374. The van der Waals surface area contributed by atoms with Crippen LogP contribution >= 0.6 is 0 Å². The summed E-state index contributed by atoms with van der Waals surface area (Å²) in [6, 6.07) is 0. The third kappa shape index (κ3) is 4.31. The summed E-state index contributed by atoms with van der Waals surface area (Å²) >= 11 is 0. The van der Waals surface area contributed by atoms with E-state index in [-0.39, 0.29) is 6.10 Å². The molecule has 0 bridgehead atoms. The molecule has 0 radical (unpaired) electrons. The first-order valence-electron chi connectivity index (χ1n) is 3.81. The number of nitrogens with zero attached hydrogens (tertiary/aromatic N) is 1. The molecule has 0 aliphatic rings. The Morgan fingerprint density at radius 3 is 2.36 bits per heavy atom. The van der Waals surface area contributed by atoms with Gasteiger partial charge in [-0.2, -0.15) is 0 Å². The summed E-state index contributed by atoms with van der Waals surface area (Å²) in [4.78, 5) is 4.92. The molecule has 4 heteroatoms. The van der Waals surface area contributed by atoms with Crippen LogP contribution in [0.15, 0.2) is 0 Å². The Labute approximate surface area is 67.8 Å². The van der Waals surface area contributed by atoms with Crippen LogP contribution in [0.5, 0.6) is 0 Å². The van der Waals surface area contributed by atoms with Crippen molar-refractivity contribution in [1.82, 2.24) is 5.23 Å². The van der Waals surface area contributed by atoms with Crippen LogP contribution in [0.1, 0.15) is 34.1 Å². The second kappa shape index (κ2) is 4.01. The molecule has 1 unspecified atom stereocenters. The lowest BCUT2D eigenvalue weighted by molar-refractivity contribution is -0.207. The monoisotopic (exact) mass is 161 g/mol. The normalized spacial score (nSPS) is 15.5. The fourth-order valence-electron chi connectivity index (χ4n) is 0.374. The number of hydrogen-bond donors (Lipinski definition) is 1. The van der Waals surface area contributed by atoms with Crippen LogP contribution in [0.4, 0.5) is 0 Å². The van der Waals surface area contributed by atoms with Crippen molar-refractivity contribution in [2.24, 2.45) is 5.73 Å². The third-order valence-electron chi connectivity index (χ3n) is 1.32. The maximum absolute atomic E-state index is 11.0. The number of rotatable bonds is 4. The van der Waals surface area contributed by atoms with E-state index in [2.05, 4.69) is 0 Å². The van der Waals surface area contributed by atoms with E-state index in [9.17, 15) is 5.21 Å². The summed E-state index contributed by atoms with van der Waals surface area (Å²) in [6.45, 7) is 6.98. The summed E-state index contributed by atoms with van der Waals surface area (Å²) in [5.74, 6) is 0. The summed E-state index contributed by atoms with van der Waals surface area (Å²) in [5.41, 5.74) is 4.52. The van der Waals surface area contributed by atoms with E-state index in [0.717, 1.165) is 6.42 Å². The van der Waals surface area contributed by atoms with Gasteiger partial charge in [-0.05, 0) is 27.2 Å². The molecular formula is C7H17N2O2-. The number of hydroxylamine groups is 2. The average molecular weight is 161 g/mol. The molecule has 0 rings (SSSR count). The van der Waals surface area contributed by atoms with Crippen LogP contribution in [0.2, 0.25) is 0 Å². The third-order valence-corrected chi connectivity index (χ3v) is 1.32. The van der Waals surface area contributed by atoms with Crippen molar-refractivity contribution in [3.05, 3.63) is 5.21 Å². The van der Waals surface area contributed by atoms with Crippen molar-refractivity contribution in [1.29, 1.82) is 0 Å². The largest absolute Gasteiger partial charge is 0.761 e. The highest BCUT2D eigenvalue weighted by molar-refractivity contribution is 4.68. The van der Waals surface area contributed by atoms with Crippen molar-refractivity contribution in [3.63, 3.8) is 0 Å². The van der Waals surface area contributed by atoms with Gasteiger partial charge < -0.3 is 15.8 Å². The molecule has 0 amide bonds. The van der Waals surface area contributed by atoms with Gasteiger partial charge in [0.15, 0.2) is 0 Å². The Balaban J connectivity index is 3.77. The highest BCUT2D eigenvalue weighted by atomic mass is 16.9. The molecule has 68 valence electrons. The highest BCUT2D eigenvalue weighted by Gasteiger charge is 2.15. The Morgan fingerprint density at radius 1 is 1.64 bits per heavy atom. The maximum atomic E-state index is 11.0. The van der Waals surface area contributed by atoms with Gasteiger partial charge >= 0.3 is 0 Å². The van der Waals surface area contributed by atoms with E-state index in [1.165, 1.54) is 0 Å². The molecule has 0 saturated carbocycles. The van der Waals surface area contributed by atoms with Gasteiger partial charge in [0.05, 0.1) is 11.8 Å². The van der Waals surface area contributed by atoms with E-state index in [4.69, 9.17) is 10.6 Å². The number of nitrogens with two attached hydrogens (primary N) is 1. The molecule has 0 aromatic heterocycles. The smallest absolute Gasteiger partial charge is 0.0751 e. The van der Waals surface area contributed by atoms with Crippen molar-refractivity contribution in [3.8, 4) is 0 Å². The van der Waals surface area contributed by atoms with E-state index < -0.39 is 5.66 Å². The zero-order chi connectivity index (χ0) is 9.07. The molecule has 0 aromatic carbocycles. The van der Waals surface area contributed by atoms with Gasteiger partial charge in [-0.25, -0.2) is 5.23 Å². The Morgan fingerprint density at radius 2 is 2.09 bits per heavy atom. The van der Waals surface area contributed by atoms with Gasteiger partial charge in [0, 0.05) is 0 Å². The lowest BCUT2D eigenvalue weighted by Gasteiger charge is -2.40. The van der Waals surface area contributed by atoms with Crippen molar-refractivity contribution in [2.75, 3.05) is 0 Å². The van der Waals surface area contributed by atoms with Crippen LogP contribution < -0.4 is 5.73 Å². The zero-order valence-electron chi connectivity index (χ0n) is 7.63. The highest BCUT2D eigenvalue weighted by Crippen LogP contribution is 2.08. The molecular weight excluding hydrogens is 144 g/mol. The summed E-state index contributed by atoms with van der Waals surface area (Å²) < 4.78 is 0. The van der Waals surface area contributed by atoms with E-state index >= 15 is 0 Å². The average Bonchev–Trinajstić information content (AvgIpc) is 1.85. The minimum absolute atomic E-state index is 0.0738. The quantitative estimate of drug-likeness (QED) is 0.497. The summed E-state index contributed by atoms with van der Waals surface area (Å²) in [7, 11) is 0. The predicted octanol–water partition coefficient (Wildman–Crippen LogP) is 1.21. The molecule has 1 atom stereocenters. The second-order valence-corrected chi connectivity index (χ2v) is 3.24. The van der Waals surface area contributed by atoms with Gasteiger partial charge in [0.25, 0.3) is 0 Å². The Kier molecular flexibility index (Phi) is 3.96. The Bertz CT molecular complexity index is 111. The molecule has 0 aromatic rings. The lowest BCUT2D eigenvalue weighted by Crippen LogP contribution is -2.48. The van der Waals surface area contributed by atoms with Crippen LogP contribution in [0.25, 0.3) is 0 Å². The zero-order valence-corrected chi connectivity index (χ0v) is 7.63. The van der Waals surface area contributed by atoms with Gasteiger partial charge in [-0.1, -0.05) is 6.92 Å². The standard InChI is InChI=1S/C7H17N2O2/c1-5-6(2)11-9(10)7(3,4)8/h6H,5,8H2,1-4H3/q-1. The minimum atomic E-state index is -0.955. The molecule has 2 N–H and O–H groups in total. The molecule has 0 aliphatic carbocycles. The van der Waals surface area contributed by atoms with Crippen LogP contribution in [0.3, 0.4) is 0 Å². The Hall–Kier alpha value is -0.160. The first-order chi connectivity index (χ1) is 4.88. The molecule has 0 spiro atoms. The second-order valence-electron chi connectivity index (χ2n) is 3.24. The summed E-state index contributed by atoms with van der Waals surface area (Å²) in [6.07, 6.45) is 0.727. The molecule has 0 heterocycles. The van der Waals surface area contributed by atoms with Crippen LogP contribution in [-0.4, -0.2) is 17.0 Å². The topological polar surface area (TPSA) is 61.5 Å². The lowest BCUT2D eigenvalue weighted by atomic mass is 10.3. The molecule has 0 saturated heterocycles. The van der Waals surface area contributed by atoms with Crippen LogP contribution in [0, 0.1) is 5.21 Å². The SMILES string of the molecule is CCC(C)ON([O-])C(C)(C)N.